The number of hydrogen-bond donors (Lipinski definition) is 1. The number of esters is 1. The fourth-order valence-electron chi connectivity index (χ4n) is 2.01. The minimum absolute atomic E-state index is 0.0407. The van der Waals surface area contributed by atoms with Crippen LogP contribution in [0, 0.1) is 11.3 Å². The quantitative estimate of drug-likeness (QED) is 0.862. The highest BCUT2D eigenvalue weighted by Gasteiger charge is 2.23. The van der Waals surface area contributed by atoms with Crippen molar-refractivity contribution in [1.29, 1.82) is 5.26 Å². The topological polar surface area (TPSA) is 62.1 Å². The number of carbonyl (C=O) groups is 1. The van der Waals surface area contributed by atoms with Crippen molar-refractivity contribution in [1.82, 2.24) is 0 Å². The maximum absolute atomic E-state index is 12.2. The first-order valence-corrected chi connectivity index (χ1v) is 7.77. The number of nitrogens with one attached hydrogen (secondary N) is 1. The summed E-state index contributed by atoms with van der Waals surface area (Å²) in [6.07, 6.45) is 0. The molecule has 0 saturated carbocycles. The summed E-state index contributed by atoms with van der Waals surface area (Å²) in [5, 5.41) is 14.6. The van der Waals surface area contributed by atoms with Crippen molar-refractivity contribution >= 4 is 29.2 Å². The fourth-order valence-corrected chi connectivity index (χ4v) is 2.84. The standard InChI is InChI=1S/C18H12N2O2S/c19-11-15-17(20-14-9-5-2-6-10-14)23-12-16(22-18(15)21)13-7-3-1-4-8-13/h1-10,12,20H. The number of thioether (sulfide) groups is 1. The maximum Gasteiger partial charge on any atom is 0.357 e. The zero-order valence-corrected chi connectivity index (χ0v) is 12.8. The number of anilines is 1. The van der Waals surface area contributed by atoms with Gasteiger partial charge in [0.15, 0.2) is 5.57 Å². The minimum atomic E-state index is -0.661. The van der Waals surface area contributed by atoms with Gasteiger partial charge in [-0.05, 0) is 12.1 Å². The molecule has 0 saturated heterocycles. The van der Waals surface area contributed by atoms with Crippen LogP contribution in [0.2, 0.25) is 0 Å². The lowest BCUT2D eigenvalue weighted by atomic mass is 10.2. The Kier molecular flexibility index (Phi) is 4.46. The molecule has 0 aromatic heterocycles. The molecule has 0 amide bonds. The highest BCUT2D eigenvalue weighted by molar-refractivity contribution is 8.06. The van der Waals surface area contributed by atoms with Crippen molar-refractivity contribution < 1.29 is 9.53 Å². The molecule has 3 rings (SSSR count). The molecule has 23 heavy (non-hydrogen) atoms. The van der Waals surface area contributed by atoms with Gasteiger partial charge < -0.3 is 10.1 Å². The average molecular weight is 320 g/mol. The van der Waals surface area contributed by atoms with Gasteiger partial charge >= 0.3 is 5.97 Å². The van der Waals surface area contributed by atoms with Gasteiger partial charge in [-0.25, -0.2) is 4.79 Å². The molecule has 0 atom stereocenters. The van der Waals surface area contributed by atoms with E-state index in [2.05, 4.69) is 5.32 Å². The van der Waals surface area contributed by atoms with E-state index >= 15 is 0 Å². The molecule has 0 unspecified atom stereocenters. The van der Waals surface area contributed by atoms with Crippen LogP contribution in [0.3, 0.4) is 0 Å². The van der Waals surface area contributed by atoms with E-state index in [1.807, 2.05) is 66.7 Å². The molecule has 1 aliphatic rings. The smallest absolute Gasteiger partial charge is 0.357 e. The van der Waals surface area contributed by atoms with Gasteiger partial charge in [0.1, 0.15) is 16.9 Å². The number of hydrogen-bond acceptors (Lipinski definition) is 5. The molecular weight excluding hydrogens is 308 g/mol. The van der Waals surface area contributed by atoms with E-state index in [0.29, 0.717) is 10.8 Å². The Labute approximate surface area is 138 Å². The number of cyclic esters (lactones) is 1. The first-order valence-electron chi connectivity index (χ1n) is 6.89. The molecule has 1 heterocycles. The van der Waals surface area contributed by atoms with Crippen molar-refractivity contribution in [3.63, 3.8) is 0 Å². The molecular formula is C18H12N2O2S. The Hall–Kier alpha value is -2.97. The highest BCUT2D eigenvalue weighted by atomic mass is 32.2. The highest BCUT2D eigenvalue weighted by Crippen LogP contribution is 2.32. The van der Waals surface area contributed by atoms with Gasteiger partial charge in [-0.2, -0.15) is 5.26 Å². The second-order valence-corrected chi connectivity index (χ2v) is 5.54. The SMILES string of the molecule is N#CC1=C(Nc2ccccc2)SC=C(c2ccccc2)OC1=O. The molecule has 0 spiro atoms. The van der Waals surface area contributed by atoms with Crippen LogP contribution in [0.4, 0.5) is 5.69 Å². The molecule has 2 aromatic rings. The summed E-state index contributed by atoms with van der Waals surface area (Å²) in [6.45, 7) is 0. The Morgan fingerprint density at radius 1 is 1.00 bits per heavy atom. The van der Waals surface area contributed by atoms with Crippen LogP contribution in [-0.4, -0.2) is 5.97 Å². The fraction of sp³-hybridized carbons (Fsp3) is 0. The van der Waals surface area contributed by atoms with E-state index in [-0.39, 0.29) is 5.57 Å². The van der Waals surface area contributed by atoms with E-state index in [4.69, 9.17) is 4.74 Å². The lowest BCUT2D eigenvalue weighted by Gasteiger charge is -2.08. The summed E-state index contributed by atoms with van der Waals surface area (Å²) in [7, 11) is 0. The number of rotatable bonds is 3. The molecule has 0 radical (unpaired) electrons. The third kappa shape index (κ3) is 3.44. The van der Waals surface area contributed by atoms with E-state index < -0.39 is 5.97 Å². The molecule has 0 fully saturated rings. The molecule has 1 aliphatic heterocycles. The van der Waals surface area contributed by atoms with E-state index in [1.165, 1.54) is 11.8 Å². The molecule has 4 nitrogen and oxygen atoms in total. The number of nitriles is 1. The summed E-state index contributed by atoms with van der Waals surface area (Å²) < 4.78 is 5.35. The van der Waals surface area contributed by atoms with E-state index in [1.54, 1.807) is 5.41 Å². The van der Waals surface area contributed by atoms with Gasteiger partial charge in [-0.15, -0.1) is 0 Å². The van der Waals surface area contributed by atoms with Gasteiger partial charge in [0.05, 0.1) is 0 Å². The molecule has 5 heteroatoms. The number of para-hydroxylation sites is 1. The first-order chi connectivity index (χ1) is 11.3. The van der Waals surface area contributed by atoms with Crippen molar-refractivity contribution in [2.45, 2.75) is 0 Å². The van der Waals surface area contributed by atoms with Gasteiger partial charge in [-0.1, -0.05) is 60.3 Å². The van der Waals surface area contributed by atoms with Crippen LogP contribution in [0.15, 0.2) is 76.7 Å². The number of carbonyl (C=O) groups excluding carboxylic acids is 1. The summed E-state index contributed by atoms with van der Waals surface area (Å²) >= 11 is 1.26. The number of ether oxygens (including phenoxy) is 1. The predicted octanol–water partition coefficient (Wildman–Crippen LogP) is 4.12. The zero-order chi connectivity index (χ0) is 16.1. The van der Waals surface area contributed by atoms with Crippen molar-refractivity contribution in [3.8, 4) is 6.07 Å². The second kappa shape index (κ2) is 6.86. The molecule has 112 valence electrons. The Morgan fingerprint density at radius 3 is 2.30 bits per heavy atom. The van der Waals surface area contributed by atoms with Crippen LogP contribution >= 0.6 is 11.8 Å². The molecule has 2 aromatic carbocycles. The lowest BCUT2D eigenvalue weighted by Crippen LogP contribution is -2.09. The summed E-state index contributed by atoms with van der Waals surface area (Å²) in [5.41, 5.74) is 1.54. The predicted molar refractivity (Wildman–Crippen MR) is 90.8 cm³/mol. The van der Waals surface area contributed by atoms with Gasteiger partial charge in [0.2, 0.25) is 0 Å². The van der Waals surface area contributed by atoms with Crippen LogP contribution in [0.1, 0.15) is 5.56 Å². The van der Waals surface area contributed by atoms with Gasteiger partial charge in [0.25, 0.3) is 0 Å². The van der Waals surface area contributed by atoms with Crippen LogP contribution < -0.4 is 5.32 Å². The molecule has 0 aliphatic carbocycles. The summed E-state index contributed by atoms with van der Waals surface area (Å²) in [5.74, 6) is -0.232. The Morgan fingerprint density at radius 2 is 1.65 bits per heavy atom. The van der Waals surface area contributed by atoms with E-state index in [0.717, 1.165) is 11.3 Å². The van der Waals surface area contributed by atoms with Crippen molar-refractivity contribution in [3.05, 3.63) is 82.2 Å². The second-order valence-electron chi connectivity index (χ2n) is 4.66. The third-order valence-electron chi connectivity index (χ3n) is 3.12. The molecule has 0 bridgehead atoms. The summed E-state index contributed by atoms with van der Waals surface area (Å²) in [4.78, 5) is 12.2. The maximum atomic E-state index is 12.2. The average Bonchev–Trinajstić information content (AvgIpc) is 2.75. The number of nitrogens with zero attached hydrogens (tertiary/aromatic N) is 1. The zero-order valence-electron chi connectivity index (χ0n) is 12.0. The monoisotopic (exact) mass is 320 g/mol. The Balaban J connectivity index is 1.92. The van der Waals surface area contributed by atoms with Gasteiger partial charge in [0, 0.05) is 16.7 Å². The largest absolute Gasteiger partial charge is 0.421 e. The van der Waals surface area contributed by atoms with E-state index in [9.17, 15) is 10.1 Å². The number of benzene rings is 2. The van der Waals surface area contributed by atoms with Crippen LogP contribution in [-0.2, 0) is 9.53 Å². The van der Waals surface area contributed by atoms with Crippen LogP contribution in [0.25, 0.3) is 5.76 Å². The minimum Gasteiger partial charge on any atom is -0.421 e. The van der Waals surface area contributed by atoms with Crippen molar-refractivity contribution in [2.24, 2.45) is 0 Å². The third-order valence-corrected chi connectivity index (χ3v) is 3.99. The lowest BCUT2D eigenvalue weighted by molar-refractivity contribution is -0.131. The first kappa shape index (κ1) is 14.9. The summed E-state index contributed by atoms with van der Waals surface area (Å²) in [6, 6.07) is 20.6. The van der Waals surface area contributed by atoms with Crippen molar-refractivity contribution in [2.75, 3.05) is 5.32 Å². The molecule has 1 N–H and O–H groups in total. The normalized spacial score (nSPS) is 14.4. The van der Waals surface area contributed by atoms with Gasteiger partial charge in [-0.3, -0.25) is 0 Å². The van der Waals surface area contributed by atoms with Crippen LogP contribution in [0.5, 0.6) is 0 Å². The Bertz CT molecular complexity index is 821.